The summed E-state index contributed by atoms with van der Waals surface area (Å²) in [5.41, 5.74) is 1.21. The van der Waals surface area contributed by atoms with Crippen LogP contribution in [0.4, 0.5) is 0 Å². The SMILES string of the molecule is CN=C(NCC(c1cnn(C)c1)N(C)C)NC1CCCSC1. The maximum Gasteiger partial charge on any atom is 0.191 e. The van der Waals surface area contributed by atoms with Crippen LogP contribution in [0.5, 0.6) is 0 Å². The fraction of sp³-hybridized carbons (Fsp3) is 0.733. The van der Waals surface area contributed by atoms with Gasteiger partial charge in [-0.05, 0) is 32.7 Å². The van der Waals surface area contributed by atoms with E-state index in [-0.39, 0.29) is 6.04 Å². The van der Waals surface area contributed by atoms with E-state index in [9.17, 15) is 0 Å². The first-order valence-corrected chi connectivity index (χ1v) is 8.95. The van der Waals surface area contributed by atoms with Crippen molar-refractivity contribution in [3.8, 4) is 0 Å². The standard InChI is InChI=1S/C15H28N6S/c1-16-15(19-13-6-5-7-22-11-13)17-9-14(20(2)3)12-8-18-21(4)10-12/h8,10,13-14H,5-7,9,11H2,1-4H3,(H2,16,17,19). The highest BCUT2D eigenvalue weighted by Crippen LogP contribution is 2.17. The Morgan fingerprint density at radius 3 is 2.95 bits per heavy atom. The molecule has 1 aliphatic rings. The lowest BCUT2D eigenvalue weighted by atomic mass is 10.1. The molecule has 0 bridgehead atoms. The third kappa shape index (κ3) is 4.91. The molecule has 0 aromatic carbocycles. The summed E-state index contributed by atoms with van der Waals surface area (Å²) in [5, 5.41) is 11.3. The van der Waals surface area contributed by atoms with Gasteiger partial charge in [0.15, 0.2) is 5.96 Å². The van der Waals surface area contributed by atoms with E-state index in [1.165, 1.54) is 29.9 Å². The van der Waals surface area contributed by atoms with Crippen molar-refractivity contribution in [2.24, 2.45) is 12.0 Å². The lowest BCUT2D eigenvalue weighted by Crippen LogP contribution is -2.47. The van der Waals surface area contributed by atoms with Crippen LogP contribution in [0.15, 0.2) is 17.4 Å². The van der Waals surface area contributed by atoms with Gasteiger partial charge in [0.1, 0.15) is 0 Å². The topological polar surface area (TPSA) is 57.5 Å². The number of guanidine groups is 1. The average Bonchev–Trinajstić information content (AvgIpc) is 2.93. The zero-order valence-electron chi connectivity index (χ0n) is 14.0. The summed E-state index contributed by atoms with van der Waals surface area (Å²) in [4.78, 5) is 6.56. The number of aromatic nitrogens is 2. The van der Waals surface area contributed by atoms with E-state index in [1.807, 2.05) is 36.7 Å². The van der Waals surface area contributed by atoms with Crippen LogP contribution in [0, 0.1) is 0 Å². The number of nitrogens with one attached hydrogen (secondary N) is 2. The number of hydrogen-bond acceptors (Lipinski definition) is 4. The van der Waals surface area contributed by atoms with Crippen LogP contribution >= 0.6 is 11.8 Å². The van der Waals surface area contributed by atoms with Gasteiger partial charge in [0.05, 0.1) is 12.2 Å². The van der Waals surface area contributed by atoms with Gasteiger partial charge in [-0.25, -0.2) is 0 Å². The van der Waals surface area contributed by atoms with E-state index in [0.29, 0.717) is 6.04 Å². The number of likely N-dealkylation sites (N-methyl/N-ethyl adjacent to an activating group) is 1. The Hall–Kier alpha value is -1.21. The lowest BCUT2D eigenvalue weighted by Gasteiger charge is -2.27. The minimum absolute atomic E-state index is 0.271. The van der Waals surface area contributed by atoms with E-state index in [1.54, 1.807) is 0 Å². The highest BCUT2D eigenvalue weighted by molar-refractivity contribution is 7.99. The maximum absolute atomic E-state index is 4.36. The summed E-state index contributed by atoms with van der Waals surface area (Å²) < 4.78 is 1.85. The van der Waals surface area contributed by atoms with Gasteiger partial charge in [-0.2, -0.15) is 16.9 Å². The molecular weight excluding hydrogens is 296 g/mol. The van der Waals surface area contributed by atoms with E-state index in [0.717, 1.165) is 12.5 Å². The van der Waals surface area contributed by atoms with Crippen LogP contribution in [-0.4, -0.2) is 65.9 Å². The number of nitrogens with zero attached hydrogens (tertiary/aromatic N) is 4. The van der Waals surface area contributed by atoms with E-state index in [4.69, 9.17) is 0 Å². The number of rotatable bonds is 5. The van der Waals surface area contributed by atoms with E-state index < -0.39 is 0 Å². The second-order valence-corrected chi connectivity index (χ2v) is 7.09. The minimum Gasteiger partial charge on any atom is -0.354 e. The first kappa shape index (κ1) is 17.1. The molecule has 1 aromatic heterocycles. The van der Waals surface area contributed by atoms with Crippen molar-refractivity contribution in [3.63, 3.8) is 0 Å². The quantitative estimate of drug-likeness (QED) is 0.627. The van der Waals surface area contributed by atoms with Crippen molar-refractivity contribution in [2.75, 3.05) is 39.2 Å². The summed E-state index contributed by atoms with van der Waals surface area (Å²) in [5.74, 6) is 3.34. The van der Waals surface area contributed by atoms with Gasteiger partial charge in [0, 0.05) is 44.2 Å². The molecule has 22 heavy (non-hydrogen) atoms. The zero-order valence-corrected chi connectivity index (χ0v) is 14.9. The molecule has 2 unspecified atom stereocenters. The minimum atomic E-state index is 0.271. The van der Waals surface area contributed by atoms with E-state index >= 15 is 0 Å². The van der Waals surface area contributed by atoms with Crippen LogP contribution < -0.4 is 10.6 Å². The van der Waals surface area contributed by atoms with Gasteiger partial charge in [-0.3, -0.25) is 9.67 Å². The maximum atomic E-state index is 4.36. The number of hydrogen-bond donors (Lipinski definition) is 2. The van der Waals surface area contributed by atoms with Crippen molar-refractivity contribution in [2.45, 2.75) is 24.9 Å². The fourth-order valence-electron chi connectivity index (χ4n) is 2.65. The van der Waals surface area contributed by atoms with Gasteiger partial charge in [0.2, 0.25) is 0 Å². The molecule has 1 saturated heterocycles. The van der Waals surface area contributed by atoms with Crippen molar-refractivity contribution >= 4 is 17.7 Å². The first-order valence-electron chi connectivity index (χ1n) is 7.80. The zero-order chi connectivity index (χ0) is 15.9. The van der Waals surface area contributed by atoms with Crippen LogP contribution in [0.2, 0.25) is 0 Å². The molecular formula is C15H28N6S. The second-order valence-electron chi connectivity index (χ2n) is 5.94. The summed E-state index contributed by atoms with van der Waals surface area (Å²) in [6.45, 7) is 0.804. The fourth-order valence-corrected chi connectivity index (χ4v) is 3.72. The molecule has 2 heterocycles. The molecule has 2 atom stereocenters. The van der Waals surface area contributed by atoms with Gasteiger partial charge >= 0.3 is 0 Å². The van der Waals surface area contributed by atoms with Crippen molar-refractivity contribution < 1.29 is 0 Å². The van der Waals surface area contributed by atoms with Gasteiger partial charge < -0.3 is 15.5 Å². The second kappa shape index (κ2) is 8.43. The molecule has 0 amide bonds. The molecule has 2 rings (SSSR count). The van der Waals surface area contributed by atoms with Crippen LogP contribution in [-0.2, 0) is 7.05 Å². The molecule has 1 aromatic rings. The number of aliphatic imine (C=N–C) groups is 1. The lowest BCUT2D eigenvalue weighted by molar-refractivity contribution is 0.298. The molecule has 0 saturated carbocycles. The summed E-state index contributed by atoms with van der Waals surface area (Å²) in [6, 6.07) is 0.800. The summed E-state index contributed by atoms with van der Waals surface area (Å²) in [7, 11) is 7.96. The molecule has 0 aliphatic carbocycles. The Kier molecular flexibility index (Phi) is 6.57. The van der Waals surface area contributed by atoms with Crippen molar-refractivity contribution in [1.29, 1.82) is 0 Å². The van der Waals surface area contributed by atoms with Crippen LogP contribution in [0.25, 0.3) is 0 Å². The Labute approximate surface area is 137 Å². The monoisotopic (exact) mass is 324 g/mol. The van der Waals surface area contributed by atoms with Crippen LogP contribution in [0.1, 0.15) is 24.4 Å². The summed E-state index contributed by atoms with van der Waals surface area (Å²) in [6.07, 6.45) is 6.52. The summed E-state index contributed by atoms with van der Waals surface area (Å²) >= 11 is 2.02. The molecule has 6 nitrogen and oxygen atoms in total. The highest BCUT2D eigenvalue weighted by Gasteiger charge is 2.18. The molecule has 124 valence electrons. The Morgan fingerprint density at radius 2 is 2.41 bits per heavy atom. The number of thioether (sulfide) groups is 1. The highest BCUT2D eigenvalue weighted by atomic mass is 32.2. The van der Waals surface area contributed by atoms with Gasteiger partial charge in [-0.1, -0.05) is 0 Å². The molecule has 1 aliphatic heterocycles. The third-order valence-electron chi connectivity index (χ3n) is 3.92. The first-order chi connectivity index (χ1) is 10.6. The predicted octanol–water partition coefficient (Wildman–Crippen LogP) is 1.08. The average molecular weight is 324 g/mol. The Morgan fingerprint density at radius 1 is 1.59 bits per heavy atom. The normalized spacial score (nSPS) is 21.0. The molecule has 2 N–H and O–H groups in total. The largest absolute Gasteiger partial charge is 0.354 e. The Balaban J connectivity index is 1.89. The molecule has 7 heteroatoms. The number of aryl methyl sites for hydroxylation is 1. The third-order valence-corrected chi connectivity index (χ3v) is 5.14. The molecule has 0 radical (unpaired) electrons. The predicted molar refractivity (Wildman–Crippen MR) is 94.5 cm³/mol. The van der Waals surface area contributed by atoms with Crippen molar-refractivity contribution in [1.82, 2.24) is 25.3 Å². The molecule has 0 spiro atoms. The van der Waals surface area contributed by atoms with E-state index in [2.05, 4.69) is 45.9 Å². The van der Waals surface area contributed by atoms with Crippen LogP contribution in [0.3, 0.4) is 0 Å². The van der Waals surface area contributed by atoms with Gasteiger partial charge in [-0.15, -0.1) is 0 Å². The Bertz CT molecular complexity index is 478. The smallest absolute Gasteiger partial charge is 0.191 e. The van der Waals surface area contributed by atoms with Crippen molar-refractivity contribution in [3.05, 3.63) is 18.0 Å². The molecule has 1 fully saturated rings. The van der Waals surface area contributed by atoms with Gasteiger partial charge in [0.25, 0.3) is 0 Å².